The predicted octanol–water partition coefficient (Wildman–Crippen LogP) is 1.92. The molecule has 9 heteroatoms. The van der Waals surface area contributed by atoms with Gasteiger partial charge in [-0.1, -0.05) is 35.9 Å². The third-order valence-corrected chi connectivity index (χ3v) is 6.62. The fourth-order valence-electron chi connectivity index (χ4n) is 2.86. The van der Waals surface area contributed by atoms with E-state index in [-0.39, 0.29) is 17.0 Å². The van der Waals surface area contributed by atoms with Gasteiger partial charge in [0.15, 0.2) is 0 Å². The van der Waals surface area contributed by atoms with E-state index in [9.17, 15) is 22.4 Å². The van der Waals surface area contributed by atoms with Gasteiger partial charge in [-0.25, -0.2) is 12.8 Å². The molecule has 0 unspecified atom stereocenters. The molecule has 0 saturated carbocycles. The number of hydrogen-bond donors (Lipinski definition) is 1. The molecular weight excluding hydrogens is 409 g/mol. The summed E-state index contributed by atoms with van der Waals surface area (Å²) in [5, 5.41) is 2.46. The van der Waals surface area contributed by atoms with Crippen molar-refractivity contribution in [3.63, 3.8) is 0 Å². The number of likely N-dealkylation sites (N-methyl/N-ethyl adjacent to an activating group) is 2. The minimum atomic E-state index is -3.91. The summed E-state index contributed by atoms with van der Waals surface area (Å²) >= 11 is 0. The summed E-state index contributed by atoms with van der Waals surface area (Å²) in [5.41, 5.74) is 1.13. The molecule has 0 bridgehead atoms. The first-order valence-electron chi connectivity index (χ1n) is 9.35. The largest absolute Gasteiger partial charge is 0.357 e. The monoisotopic (exact) mass is 435 g/mol. The zero-order chi connectivity index (χ0) is 22.5. The van der Waals surface area contributed by atoms with Gasteiger partial charge >= 0.3 is 0 Å². The molecule has 0 aliphatic rings. The van der Waals surface area contributed by atoms with Gasteiger partial charge in [-0.15, -0.1) is 0 Å². The number of halogens is 1. The van der Waals surface area contributed by atoms with Crippen molar-refractivity contribution in [2.24, 2.45) is 0 Å². The first-order valence-corrected chi connectivity index (χ1v) is 10.8. The van der Waals surface area contributed by atoms with Crippen LogP contribution in [-0.2, 0) is 26.2 Å². The number of sulfonamides is 1. The molecule has 0 aromatic heterocycles. The molecule has 2 rings (SSSR count). The van der Waals surface area contributed by atoms with Crippen LogP contribution in [0.1, 0.15) is 18.1 Å². The van der Waals surface area contributed by atoms with Crippen LogP contribution < -0.4 is 5.32 Å². The Hall–Kier alpha value is -2.78. The van der Waals surface area contributed by atoms with Gasteiger partial charge in [0.1, 0.15) is 11.9 Å². The van der Waals surface area contributed by atoms with E-state index in [1.165, 1.54) is 56.3 Å². The number of aryl methyl sites for hydroxylation is 1. The van der Waals surface area contributed by atoms with Crippen molar-refractivity contribution in [3.8, 4) is 0 Å². The first kappa shape index (κ1) is 23.5. The van der Waals surface area contributed by atoms with Gasteiger partial charge in [0, 0.05) is 26.2 Å². The van der Waals surface area contributed by atoms with Crippen LogP contribution >= 0.6 is 0 Å². The molecule has 2 aromatic rings. The summed E-state index contributed by atoms with van der Waals surface area (Å²) in [7, 11) is -1.19. The van der Waals surface area contributed by atoms with E-state index in [4.69, 9.17) is 0 Å². The summed E-state index contributed by atoms with van der Waals surface area (Å²) in [6.07, 6.45) is 0. The molecule has 0 spiro atoms. The molecule has 30 heavy (non-hydrogen) atoms. The van der Waals surface area contributed by atoms with Gasteiger partial charge in [-0.2, -0.15) is 4.31 Å². The quantitative estimate of drug-likeness (QED) is 0.686. The van der Waals surface area contributed by atoms with Gasteiger partial charge < -0.3 is 10.2 Å². The Bertz CT molecular complexity index is 1010. The van der Waals surface area contributed by atoms with E-state index in [0.29, 0.717) is 0 Å². The number of carbonyl (C=O) groups is 2. The van der Waals surface area contributed by atoms with Gasteiger partial charge in [0.05, 0.1) is 11.4 Å². The smallest absolute Gasteiger partial charge is 0.243 e. The number of nitrogens with zero attached hydrogens (tertiary/aromatic N) is 2. The summed E-state index contributed by atoms with van der Waals surface area (Å²) in [5.74, 6) is -1.57. The maximum absolute atomic E-state index is 14.1. The normalized spacial score (nSPS) is 12.5. The lowest BCUT2D eigenvalue weighted by Crippen LogP contribution is -2.50. The first-order chi connectivity index (χ1) is 14.1. The lowest BCUT2D eigenvalue weighted by atomic mass is 10.1. The average molecular weight is 436 g/mol. The topological polar surface area (TPSA) is 86.8 Å². The van der Waals surface area contributed by atoms with E-state index < -0.39 is 40.2 Å². The van der Waals surface area contributed by atoms with Crippen molar-refractivity contribution in [2.75, 3.05) is 20.6 Å². The van der Waals surface area contributed by atoms with Crippen molar-refractivity contribution in [1.82, 2.24) is 14.5 Å². The number of carbonyl (C=O) groups excluding carboxylic acids is 2. The van der Waals surface area contributed by atoms with Crippen LogP contribution in [0.25, 0.3) is 0 Å². The van der Waals surface area contributed by atoms with Crippen molar-refractivity contribution < 1.29 is 22.4 Å². The Morgan fingerprint density at radius 2 is 1.70 bits per heavy atom. The summed E-state index contributed by atoms with van der Waals surface area (Å²) in [6, 6.07) is 11.3. The van der Waals surface area contributed by atoms with Crippen LogP contribution in [0.3, 0.4) is 0 Å². The van der Waals surface area contributed by atoms with Gasteiger partial charge in [0.2, 0.25) is 21.8 Å². The lowest BCUT2D eigenvalue weighted by Gasteiger charge is -2.30. The van der Waals surface area contributed by atoms with Crippen LogP contribution in [0.5, 0.6) is 0 Å². The molecule has 2 aromatic carbocycles. The highest BCUT2D eigenvalue weighted by atomic mass is 32.2. The summed E-state index contributed by atoms with van der Waals surface area (Å²) in [6.45, 7) is 2.68. The molecule has 1 atom stereocenters. The number of rotatable bonds is 8. The van der Waals surface area contributed by atoms with E-state index in [1.807, 2.05) is 6.92 Å². The lowest BCUT2D eigenvalue weighted by molar-refractivity contribution is -0.140. The summed E-state index contributed by atoms with van der Waals surface area (Å²) in [4.78, 5) is 26.3. The van der Waals surface area contributed by atoms with Gasteiger partial charge in [-0.3, -0.25) is 9.59 Å². The average Bonchev–Trinajstić information content (AvgIpc) is 2.72. The number of benzene rings is 2. The highest BCUT2D eigenvalue weighted by Crippen LogP contribution is 2.17. The van der Waals surface area contributed by atoms with Crippen LogP contribution in [0.2, 0.25) is 0 Å². The second kappa shape index (κ2) is 9.82. The molecular formula is C21H26FN3O4S. The van der Waals surface area contributed by atoms with Crippen molar-refractivity contribution in [3.05, 3.63) is 65.5 Å². The Labute approximate surface area is 176 Å². The predicted molar refractivity (Wildman–Crippen MR) is 111 cm³/mol. The standard InChI is InChI=1S/C21H26FN3O4S/c1-15-9-11-18(12-10-15)30(28,29)24(4)14-20(26)25(16(2)21(27)23-3)13-17-7-5-6-8-19(17)22/h5-12,16H,13-14H2,1-4H3,(H,23,27)/t16-/m1/s1. The zero-order valence-corrected chi connectivity index (χ0v) is 18.2. The molecule has 0 saturated heterocycles. The Morgan fingerprint density at radius 1 is 1.10 bits per heavy atom. The van der Waals surface area contributed by atoms with Crippen molar-refractivity contribution in [1.29, 1.82) is 0 Å². The molecule has 0 aliphatic carbocycles. The Kier molecular flexibility index (Phi) is 7.69. The molecule has 162 valence electrons. The maximum Gasteiger partial charge on any atom is 0.243 e. The van der Waals surface area contributed by atoms with Gasteiger partial charge in [0.25, 0.3) is 0 Å². The molecule has 0 radical (unpaired) electrons. The molecule has 1 N–H and O–H groups in total. The van der Waals surface area contributed by atoms with Crippen LogP contribution in [0.15, 0.2) is 53.4 Å². The molecule has 0 aliphatic heterocycles. The van der Waals surface area contributed by atoms with Gasteiger partial charge in [-0.05, 0) is 32.0 Å². The van der Waals surface area contributed by atoms with E-state index in [0.717, 1.165) is 9.87 Å². The zero-order valence-electron chi connectivity index (χ0n) is 17.4. The molecule has 7 nitrogen and oxygen atoms in total. The van der Waals surface area contributed by atoms with Crippen molar-refractivity contribution >= 4 is 21.8 Å². The van der Waals surface area contributed by atoms with Crippen LogP contribution in [-0.4, -0.2) is 56.1 Å². The minimum absolute atomic E-state index is 0.0587. The maximum atomic E-state index is 14.1. The van der Waals surface area contributed by atoms with Crippen molar-refractivity contribution in [2.45, 2.75) is 31.3 Å². The van der Waals surface area contributed by atoms with Crippen LogP contribution in [0, 0.1) is 12.7 Å². The molecule has 2 amide bonds. The van der Waals surface area contributed by atoms with E-state index >= 15 is 0 Å². The molecule has 0 fully saturated rings. The second-order valence-electron chi connectivity index (χ2n) is 6.98. The third kappa shape index (κ3) is 5.43. The second-order valence-corrected chi connectivity index (χ2v) is 9.02. The van der Waals surface area contributed by atoms with Crippen LogP contribution in [0.4, 0.5) is 4.39 Å². The number of nitrogens with one attached hydrogen (secondary N) is 1. The van der Waals surface area contributed by atoms with E-state index in [2.05, 4.69) is 5.32 Å². The fourth-order valence-corrected chi connectivity index (χ4v) is 3.98. The highest BCUT2D eigenvalue weighted by molar-refractivity contribution is 7.89. The Morgan fingerprint density at radius 3 is 2.27 bits per heavy atom. The number of amides is 2. The Balaban J connectivity index is 2.27. The SMILES string of the molecule is CNC(=O)[C@@H](C)N(Cc1ccccc1F)C(=O)CN(C)S(=O)(=O)c1ccc(C)cc1. The minimum Gasteiger partial charge on any atom is -0.357 e. The summed E-state index contributed by atoms with van der Waals surface area (Å²) < 4.78 is 40.6. The van der Waals surface area contributed by atoms with E-state index in [1.54, 1.807) is 18.2 Å². The molecule has 0 heterocycles. The fraction of sp³-hybridized carbons (Fsp3) is 0.333. The number of hydrogen-bond acceptors (Lipinski definition) is 4. The highest BCUT2D eigenvalue weighted by Gasteiger charge is 2.30. The third-order valence-electron chi connectivity index (χ3n) is 4.80.